The summed E-state index contributed by atoms with van der Waals surface area (Å²) < 4.78 is 10.6. The second-order valence-corrected chi connectivity index (χ2v) is 6.55. The molecule has 27 heavy (non-hydrogen) atoms. The number of guanidine groups is 1. The summed E-state index contributed by atoms with van der Waals surface area (Å²) in [6.07, 6.45) is 2.72. The molecule has 0 radical (unpaired) electrons. The van der Waals surface area contributed by atoms with Crippen molar-refractivity contribution < 1.29 is 9.26 Å². The van der Waals surface area contributed by atoms with Gasteiger partial charge in [0.05, 0.1) is 12.8 Å². The lowest BCUT2D eigenvalue weighted by Crippen LogP contribution is -2.37. The summed E-state index contributed by atoms with van der Waals surface area (Å²) in [7, 11) is 3.48. The Hall–Kier alpha value is -2.50. The van der Waals surface area contributed by atoms with Gasteiger partial charge in [-0.15, -0.1) is 0 Å². The van der Waals surface area contributed by atoms with Crippen molar-refractivity contribution in [2.45, 2.75) is 52.5 Å². The number of nitrogens with one attached hydrogen (secondary N) is 2. The lowest BCUT2D eigenvalue weighted by molar-refractivity contribution is 0.380. The average Bonchev–Trinajstić information content (AvgIpc) is 3.12. The number of methoxy groups -OCH3 is 1. The molecule has 0 fully saturated rings. The van der Waals surface area contributed by atoms with Crippen molar-refractivity contribution in [1.82, 2.24) is 15.8 Å². The summed E-state index contributed by atoms with van der Waals surface area (Å²) in [5.41, 5.74) is 3.47. The number of nitrogens with zero attached hydrogens (tertiary/aromatic N) is 2. The number of aromatic nitrogens is 1. The fourth-order valence-corrected chi connectivity index (χ4v) is 3.04. The van der Waals surface area contributed by atoms with Gasteiger partial charge in [-0.2, -0.15) is 0 Å². The van der Waals surface area contributed by atoms with Gasteiger partial charge in [0.25, 0.3) is 0 Å². The summed E-state index contributed by atoms with van der Waals surface area (Å²) in [5, 5.41) is 10.9. The molecule has 1 heterocycles. The number of hydrogen-bond acceptors (Lipinski definition) is 4. The van der Waals surface area contributed by atoms with Crippen molar-refractivity contribution in [2.75, 3.05) is 20.7 Å². The van der Waals surface area contributed by atoms with E-state index in [1.54, 1.807) is 14.2 Å². The monoisotopic (exact) mass is 372 g/mol. The molecule has 0 aliphatic rings. The van der Waals surface area contributed by atoms with Gasteiger partial charge in [0.15, 0.2) is 5.96 Å². The quantitative estimate of drug-likeness (QED) is 0.519. The van der Waals surface area contributed by atoms with Crippen LogP contribution in [-0.2, 0) is 19.4 Å². The van der Waals surface area contributed by atoms with Gasteiger partial charge in [-0.1, -0.05) is 38.1 Å². The molecular formula is C21H32N4O2. The van der Waals surface area contributed by atoms with Crippen LogP contribution in [0.4, 0.5) is 0 Å². The van der Waals surface area contributed by atoms with E-state index in [0.717, 1.165) is 54.5 Å². The van der Waals surface area contributed by atoms with Crippen molar-refractivity contribution in [3.05, 3.63) is 46.8 Å². The Morgan fingerprint density at radius 1 is 1.19 bits per heavy atom. The van der Waals surface area contributed by atoms with Crippen LogP contribution >= 0.6 is 0 Å². The molecule has 2 rings (SSSR count). The highest BCUT2D eigenvalue weighted by atomic mass is 16.5. The molecular weight excluding hydrogens is 340 g/mol. The first-order valence-electron chi connectivity index (χ1n) is 9.67. The third-order valence-corrected chi connectivity index (χ3v) is 4.82. The molecule has 0 bridgehead atoms. The third-order valence-electron chi connectivity index (χ3n) is 4.82. The molecule has 2 aromatic rings. The first kappa shape index (κ1) is 20.8. The van der Waals surface area contributed by atoms with Gasteiger partial charge in [0, 0.05) is 32.1 Å². The number of benzene rings is 1. The highest BCUT2D eigenvalue weighted by Gasteiger charge is 2.13. The maximum atomic E-state index is 5.42. The third kappa shape index (κ3) is 5.74. The predicted molar refractivity (Wildman–Crippen MR) is 109 cm³/mol. The van der Waals surface area contributed by atoms with Crippen molar-refractivity contribution in [3.8, 4) is 5.75 Å². The average molecular weight is 373 g/mol. The van der Waals surface area contributed by atoms with E-state index in [-0.39, 0.29) is 0 Å². The summed E-state index contributed by atoms with van der Waals surface area (Å²) in [6, 6.07) is 8.27. The van der Waals surface area contributed by atoms with Crippen LogP contribution in [0.3, 0.4) is 0 Å². The Balaban J connectivity index is 1.82. The first-order chi connectivity index (χ1) is 13.1. The minimum absolute atomic E-state index is 0.456. The van der Waals surface area contributed by atoms with E-state index in [1.165, 1.54) is 5.56 Å². The number of rotatable bonds is 9. The van der Waals surface area contributed by atoms with Crippen LogP contribution in [0.1, 0.15) is 55.7 Å². The number of ether oxygens (including phenoxy) is 1. The fraction of sp³-hybridized carbons (Fsp3) is 0.524. The van der Waals surface area contributed by atoms with Crippen molar-refractivity contribution in [1.29, 1.82) is 0 Å². The van der Waals surface area contributed by atoms with E-state index in [1.807, 2.05) is 12.1 Å². The minimum atomic E-state index is 0.456. The Morgan fingerprint density at radius 3 is 2.52 bits per heavy atom. The minimum Gasteiger partial charge on any atom is -0.497 e. The molecule has 2 N–H and O–H groups in total. The molecule has 1 aromatic heterocycles. The summed E-state index contributed by atoms with van der Waals surface area (Å²) in [4.78, 5) is 4.32. The largest absolute Gasteiger partial charge is 0.497 e. The van der Waals surface area contributed by atoms with Gasteiger partial charge in [-0.25, -0.2) is 0 Å². The van der Waals surface area contributed by atoms with Crippen molar-refractivity contribution in [2.24, 2.45) is 4.99 Å². The number of aliphatic imine (C=N–C) groups is 1. The fourth-order valence-electron chi connectivity index (χ4n) is 3.04. The predicted octanol–water partition coefficient (Wildman–Crippen LogP) is 3.67. The van der Waals surface area contributed by atoms with Gasteiger partial charge in [-0.3, -0.25) is 4.99 Å². The number of aryl methyl sites for hydroxylation is 2. The second kappa shape index (κ2) is 10.6. The zero-order chi connectivity index (χ0) is 19.6. The smallest absolute Gasteiger partial charge is 0.191 e. The molecule has 0 amide bonds. The van der Waals surface area contributed by atoms with E-state index >= 15 is 0 Å². The van der Waals surface area contributed by atoms with Crippen LogP contribution < -0.4 is 15.4 Å². The van der Waals surface area contributed by atoms with E-state index < -0.39 is 0 Å². The molecule has 148 valence electrons. The second-order valence-electron chi connectivity index (χ2n) is 6.55. The zero-order valence-corrected chi connectivity index (χ0v) is 17.1. The van der Waals surface area contributed by atoms with E-state index in [2.05, 4.69) is 53.7 Å². The molecule has 0 aliphatic carbocycles. The first-order valence-corrected chi connectivity index (χ1v) is 9.67. The molecule has 0 saturated carbocycles. The van der Waals surface area contributed by atoms with Crippen LogP contribution in [0.5, 0.6) is 5.75 Å². The van der Waals surface area contributed by atoms with Crippen LogP contribution in [0.2, 0.25) is 0 Å². The van der Waals surface area contributed by atoms with Crippen molar-refractivity contribution >= 4 is 5.96 Å². The van der Waals surface area contributed by atoms with Crippen LogP contribution in [-0.4, -0.2) is 31.8 Å². The molecule has 1 aromatic carbocycles. The lowest BCUT2D eigenvalue weighted by atomic mass is 9.98. The van der Waals surface area contributed by atoms with E-state index in [0.29, 0.717) is 12.5 Å². The molecule has 6 nitrogen and oxygen atoms in total. The van der Waals surface area contributed by atoms with Gasteiger partial charge in [0.1, 0.15) is 11.5 Å². The Morgan fingerprint density at radius 2 is 1.93 bits per heavy atom. The Kier molecular flexibility index (Phi) is 8.17. The highest BCUT2D eigenvalue weighted by Crippen LogP contribution is 2.21. The number of hydrogen-bond donors (Lipinski definition) is 2. The molecule has 1 unspecified atom stereocenters. The van der Waals surface area contributed by atoms with Crippen LogP contribution in [0.25, 0.3) is 0 Å². The van der Waals surface area contributed by atoms with E-state index in [9.17, 15) is 0 Å². The summed E-state index contributed by atoms with van der Waals surface area (Å²) >= 11 is 0. The SMILES string of the molecule is CCc1noc(CC)c1CNC(=NC)NCCC(C)c1ccc(OC)cc1. The Labute approximate surface area is 162 Å². The van der Waals surface area contributed by atoms with Gasteiger partial charge < -0.3 is 19.9 Å². The van der Waals surface area contributed by atoms with Crippen LogP contribution in [0.15, 0.2) is 33.8 Å². The van der Waals surface area contributed by atoms with Crippen LogP contribution in [0, 0.1) is 0 Å². The van der Waals surface area contributed by atoms with Gasteiger partial charge >= 0.3 is 0 Å². The topological polar surface area (TPSA) is 71.7 Å². The molecule has 0 aliphatic heterocycles. The highest BCUT2D eigenvalue weighted by molar-refractivity contribution is 5.79. The zero-order valence-electron chi connectivity index (χ0n) is 17.1. The van der Waals surface area contributed by atoms with Gasteiger partial charge in [-0.05, 0) is 36.5 Å². The van der Waals surface area contributed by atoms with E-state index in [4.69, 9.17) is 9.26 Å². The standard InChI is InChI=1S/C21H32N4O2/c1-6-19-18(20(7-2)27-25-19)14-24-21(22-4)23-13-12-15(3)16-8-10-17(26-5)11-9-16/h8-11,15H,6-7,12-14H2,1-5H3,(H2,22,23,24). The molecule has 6 heteroatoms. The van der Waals surface area contributed by atoms with Crippen molar-refractivity contribution in [3.63, 3.8) is 0 Å². The van der Waals surface area contributed by atoms with Gasteiger partial charge in [0.2, 0.25) is 0 Å². The maximum Gasteiger partial charge on any atom is 0.191 e. The lowest BCUT2D eigenvalue weighted by Gasteiger charge is -2.15. The molecule has 1 atom stereocenters. The molecule has 0 saturated heterocycles. The Bertz CT molecular complexity index is 701. The maximum absolute atomic E-state index is 5.42. The normalized spacial score (nSPS) is 12.7. The summed E-state index contributed by atoms with van der Waals surface area (Å²) in [5.74, 6) is 3.09. The molecule has 0 spiro atoms. The summed E-state index contributed by atoms with van der Waals surface area (Å²) in [6.45, 7) is 7.92.